The Kier molecular flexibility index (Phi) is 9.39. The van der Waals surface area contributed by atoms with E-state index in [-0.39, 0.29) is 65.6 Å². The van der Waals surface area contributed by atoms with Crippen molar-refractivity contribution >= 4 is 17.2 Å². The van der Waals surface area contributed by atoms with Crippen molar-refractivity contribution in [2.45, 2.75) is 7.43 Å². The van der Waals surface area contributed by atoms with Crippen molar-refractivity contribution in [3.8, 4) is 0 Å². The van der Waals surface area contributed by atoms with Crippen molar-refractivity contribution in [1.29, 1.82) is 0 Å². The number of nitrogens with zero attached hydrogens (tertiary/aromatic N) is 2. The van der Waals surface area contributed by atoms with Gasteiger partial charge in [0, 0.05) is 6.54 Å². The van der Waals surface area contributed by atoms with Gasteiger partial charge in [-0.1, -0.05) is 19.1 Å². The molecule has 1 fully saturated rings. The maximum atomic E-state index is 4.79. The summed E-state index contributed by atoms with van der Waals surface area (Å²) in [5.74, 6) is 0. The van der Waals surface area contributed by atoms with Gasteiger partial charge in [-0.2, -0.15) is 0 Å². The molecule has 1 aliphatic rings. The Hall–Kier alpha value is 1.66. The van der Waals surface area contributed by atoms with Crippen LogP contribution in [0.1, 0.15) is 7.43 Å². The maximum absolute atomic E-state index is 4.79. The zero-order chi connectivity index (χ0) is 5.28. The van der Waals surface area contributed by atoms with Crippen LogP contribution in [0.4, 0.5) is 0 Å². The number of hydrogen-bond acceptors (Lipinski definition) is 2. The summed E-state index contributed by atoms with van der Waals surface area (Å²) in [7, 11) is 2.00. The van der Waals surface area contributed by atoms with Crippen molar-refractivity contribution in [1.82, 2.24) is 4.90 Å². The number of likely N-dealkylation sites (N-methyl/N-ethyl adjacent to an activating group) is 1. The Bertz CT molecular complexity index is 97.0. The van der Waals surface area contributed by atoms with E-state index in [1.54, 1.807) is 0 Å². The second-order valence-corrected chi connectivity index (χ2v) is 2.18. The van der Waals surface area contributed by atoms with Gasteiger partial charge in [-0.25, -0.2) is 0 Å². The van der Waals surface area contributed by atoms with E-state index in [0.29, 0.717) is 0 Å². The van der Waals surface area contributed by atoms with E-state index in [4.69, 9.17) is 12.2 Å². The van der Waals surface area contributed by atoms with E-state index in [1.807, 2.05) is 7.05 Å². The molecule has 0 unspecified atom stereocenters. The molecule has 0 bridgehead atoms. The largest absolute Gasteiger partial charge is 1.00 e. The smallest absolute Gasteiger partial charge is 0.666 e. The van der Waals surface area contributed by atoms with Crippen molar-refractivity contribution in [3.63, 3.8) is 0 Å². The first kappa shape index (κ1) is 13.3. The Labute approximate surface area is 111 Å². The van der Waals surface area contributed by atoms with Gasteiger partial charge in [-0.3, -0.25) is 0 Å². The Balaban J connectivity index is 0. The van der Waals surface area contributed by atoms with Gasteiger partial charge in [-0.15, -0.1) is 12.2 Å². The van der Waals surface area contributed by atoms with Crippen LogP contribution in [0.25, 0.3) is 5.32 Å². The molecule has 9 heavy (non-hydrogen) atoms. The van der Waals surface area contributed by atoms with E-state index in [2.05, 4.69) is 10.2 Å². The molecule has 1 aliphatic heterocycles. The van der Waals surface area contributed by atoms with E-state index in [0.717, 1.165) is 18.2 Å². The van der Waals surface area contributed by atoms with Gasteiger partial charge < -0.3 is 10.2 Å². The van der Waals surface area contributed by atoms with Crippen LogP contribution in [0.5, 0.6) is 0 Å². The third kappa shape index (κ3) is 4.98. The van der Waals surface area contributed by atoms with Crippen molar-refractivity contribution in [2.75, 3.05) is 20.3 Å². The van der Waals surface area contributed by atoms with Gasteiger partial charge in [-0.05, 0) is 7.05 Å². The van der Waals surface area contributed by atoms with Gasteiger partial charge in [0.25, 0.3) is 0 Å². The fourth-order valence-corrected chi connectivity index (χ4v) is 0.809. The summed E-state index contributed by atoms with van der Waals surface area (Å²) in [6, 6.07) is 0. The van der Waals surface area contributed by atoms with Crippen LogP contribution >= 0.6 is 12.2 Å². The fourth-order valence-electron chi connectivity index (χ4n) is 0.530. The topological polar surface area (TPSA) is 17.3 Å². The second kappa shape index (κ2) is 6.37. The minimum absolute atomic E-state index is 0. The SMILES string of the molecule is C.CN1C[N-]C(=S)C1.[Rb+]. The normalized spacial score (nSPS) is 17.7. The summed E-state index contributed by atoms with van der Waals surface area (Å²) in [5.41, 5.74) is 0. The molecule has 1 saturated heterocycles. The Morgan fingerprint density at radius 3 is 2.33 bits per heavy atom. The van der Waals surface area contributed by atoms with Crippen LogP contribution in [0.15, 0.2) is 0 Å². The molecular weight excluding hydrogens is 206 g/mol. The van der Waals surface area contributed by atoms with E-state index >= 15 is 0 Å². The summed E-state index contributed by atoms with van der Waals surface area (Å²) in [4.78, 5) is 2.91. The third-order valence-electron chi connectivity index (χ3n) is 0.894. The van der Waals surface area contributed by atoms with E-state index < -0.39 is 0 Å². The van der Waals surface area contributed by atoms with Crippen molar-refractivity contribution < 1.29 is 58.2 Å². The monoisotopic (exact) mass is 216 g/mol. The molecule has 1 heterocycles. The van der Waals surface area contributed by atoms with Gasteiger partial charge in [0.15, 0.2) is 0 Å². The predicted molar refractivity (Wildman–Crippen MR) is 40.2 cm³/mol. The van der Waals surface area contributed by atoms with Gasteiger partial charge in [0.1, 0.15) is 0 Å². The zero-order valence-corrected chi connectivity index (χ0v) is 10.9. The molecule has 0 saturated carbocycles. The van der Waals surface area contributed by atoms with Crippen molar-refractivity contribution in [2.24, 2.45) is 0 Å². The number of hydrogen-bond donors (Lipinski definition) is 0. The van der Waals surface area contributed by atoms with Crippen LogP contribution in [0.2, 0.25) is 0 Å². The molecule has 0 aromatic rings. The van der Waals surface area contributed by atoms with Crippen LogP contribution in [0, 0.1) is 0 Å². The van der Waals surface area contributed by atoms with Crippen LogP contribution in [0.3, 0.4) is 0 Å². The average Bonchev–Trinajstić information content (AvgIpc) is 1.87. The molecule has 0 aromatic carbocycles. The van der Waals surface area contributed by atoms with Gasteiger partial charge in [0.05, 0.1) is 0 Å². The quantitative estimate of drug-likeness (QED) is 0.446. The molecule has 0 radical (unpaired) electrons. The summed E-state index contributed by atoms with van der Waals surface area (Å²) < 4.78 is 0. The molecule has 0 aliphatic carbocycles. The summed E-state index contributed by atoms with van der Waals surface area (Å²) in [6.07, 6.45) is 0. The van der Waals surface area contributed by atoms with Crippen LogP contribution in [-0.4, -0.2) is 30.1 Å². The van der Waals surface area contributed by atoms with Crippen molar-refractivity contribution in [3.05, 3.63) is 5.32 Å². The van der Waals surface area contributed by atoms with Crippen LogP contribution < -0.4 is 58.2 Å². The van der Waals surface area contributed by atoms with Gasteiger partial charge >= 0.3 is 58.2 Å². The average molecular weight is 217 g/mol. The minimum Gasteiger partial charge on any atom is -0.666 e. The third-order valence-corrected chi connectivity index (χ3v) is 1.15. The molecule has 48 valence electrons. The predicted octanol–water partition coefficient (Wildman–Crippen LogP) is -1.77. The molecule has 0 N–H and O–H groups in total. The molecule has 0 atom stereocenters. The molecule has 0 amide bonds. The first-order chi connectivity index (χ1) is 3.29. The minimum atomic E-state index is 0. The Morgan fingerprint density at radius 1 is 1.67 bits per heavy atom. The first-order valence-electron chi connectivity index (χ1n) is 2.18. The molecule has 1 rings (SSSR count). The van der Waals surface area contributed by atoms with Crippen LogP contribution in [-0.2, 0) is 0 Å². The molecule has 4 heteroatoms. The number of rotatable bonds is 0. The summed E-state index contributed by atoms with van der Waals surface area (Å²) in [5, 5.41) is 3.97. The first-order valence-corrected chi connectivity index (χ1v) is 2.59. The maximum Gasteiger partial charge on any atom is 1.00 e. The fraction of sp³-hybridized carbons (Fsp3) is 0.800. The Morgan fingerprint density at radius 2 is 2.22 bits per heavy atom. The molecule has 0 spiro atoms. The molecule has 2 nitrogen and oxygen atoms in total. The molecular formula is C5H11N2RbS. The van der Waals surface area contributed by atoms with E-state index in [9.17, 15) is 0 Å². The summed E-state index contributed by atoms with van der Waals surface area (Å²) in [6.45, 7) is 1.66. The van der Waals surface area contributed by atoms with E-state index in [1.165, 1.54) is 0 Å². The zero-order valence-electron chi connectivity index (χ0n) is 5.22. The van der Waals surface area contributed by atoms with Gasteiger partial charge in [0.2, 0.25) is 0 Å². The second-order valence-electron chi connectivity index (χ2n) is 1.71. The standard InChI is InChI=1S/C4H8N2S.CH4.Rb/c1-6-2-4(7)5-3-6;;/h2-3H2,1H3,(H,5,7);1H4;/q;;+1/p-1. The number of thiocarbonyl (C=S) groups is 1. The summed E-state index contributed by atoms with van der Waals surface area (Å²) >= 11 is 4.79. The molecule has 0 aromatic heterocycles.